The summed E-state index contributed by atoms with van der Waals surface area (Å²) < 4.78 is 0. The monoisotopic (exact) mass is 220 g/mol. The largest absolute Gasteiger partial charge is 0.307 e. The highest BCUT2D eigenvalue weighted by Gasteiger charge is 2.34. The molecule has 2 N–H and O–H groups in total. The van der Waals surface area contributed by atoms with Crippen molar-refractivity contribution in [3.05, 3.63) is 18.0 Å². The Morgan fingerprint density at radius 2 is 2.38 bits per heavy atom. The molecule has 4 nitrogen and oxygen atoms in total. The molecule has 2 aliphatic heterocycles. The van der Waals surface area contributed by atoms with Crippen LogP contribution < -0.4 is 5.32 Å². The van der Waals surface area contributed by atoms with Gasteiger partial charge in [0.25, 0.3) is 0 Å². The van der Waals surface area contributed by atoms with Gasteiger partial charge in [-0.2, -0.15) is 5.10 Å². The zero-order chi connectivity index (χ0) is 11.0. The van der Waals surface area contributed by atoms with Crippen LogP contribution in [0.2, 0.25) is 0 Å². The fourth-order valence-corrected chi connectivity index (χ4v) is 3.09. The van der Waals surface area contributed by atoms with E-state index in [0.29, 0.717) is 12.1 Å². The standard InChI is InChI=1S/C12H20N4/c1-9(11-6-13-14-7-11)15-12-3-5-16-4-2-10(12)8-16/h6-7,9-10,12,15H,2-5,8H2,1H3,(H,13,14). The van der Waals surface area contributed by atoms with E-state index in [1.165, 1.54) is 38.0 Å². The smallest absolute Gasteiger partial charge is 0.0534 e. The number of hydrogen-bond donors (Lipinski definition) is 2. The quantitative estimate of drug-likeness (QED) is 0.803. The Morgan fingerprint density at radius 1 is 1.50 bits per heavy atom. The van der Waals surface area contributed by atoms with Gasteiger partial charge in [0.1, 0.15) is 0 Å². The molecular weight excluding hydrogens is 200 g/mol. The van der Waals surface area contributed by atoms with E-state index in [2.05, 4.69) is 27.3 Å². The maximum atomic E-state index is 4.01. The highest BCUT2D eigenvalue weighted by molar-refractivity contribution is 5.09. The van der Waals surface area contributed by atoms with Crippen molar-refractivity contribution in [2.75, 3.05) is 19.6 Å². The van der Waals surface area contributed by atoms with Gasteiger partial charge in [-0.1, -0.05) is 0 Å². The first kappa shape index (κ1) is 10.3. The van der Waals surface area contributed by atoms with Crippen LogP contribution in [0.1, 0.15) is 31.4 Å². The Kier molecular flexibility index (Phi) is 2.69. The van der Waals surface area contributed by atoms with Crippen LogP contribution in [0.5, 0.6) is 0 Å². The first-order chi connectivity index (χ1) is 7.83. The summed E-state index contributed by atoms with van der Waals surface area (Å²) in [6.45, 7) is 6.11. The van der Waals surface area contributed by atoms with Crippen LogP contribution in [0.15, 0.2) is 12.4 Å². The predicted molar refractivity (Wildman–Crippen MR) is 63.1 cm³/mol. The Bertz CT molecular complexity index is 335. The van der Waals surface area contributed by atoms with Gasteiger partial charge in [0.15, 0.2) is 0 Å². The number of nitrogens with one attached hydrogen (secondary N) is 2. The van der Waals surface area contributed by atoms with Gasteiger partial charge >= 0.3 is 0 Å². The number of piperidine rings is 1. The molecule has 2 bridgehead atoms. The first-order valence-electron chi connectivity index (χ1n) is 6.30. The molecule has 3 rings (SSSR count). The van der Waals surface area contributed by atoms with Gasteiger partial charge in [-0.15, -0.1) is 0 Å². The fraction of sp³-hybridized carbons (Fsp3) is 0.750. The van der Waals surface area contributed by atoms with Crippen LogP contribution in [0, 0.1) is 5.92 Å². The van der Waals surface area contributed by atoms with E-state index in [1.54, 1.807) is 0 Å². The maximum absolute atomic E-state index is 4.01. The minimum absolute atomic E-state index is 0.413. The summed E-state index contributed by atoms with van der Waals surface area (Å²) in [6, 6.07) is 1.11. The van der Waals surface area contributed by atoms with Crippen molar-refractivity contribution >= 4 is 0 Å². The molecule has 1 aromatic heterocycles. The molecule has 4 unspecified atom stereocenters. The van der Waals surface area contributed by atoms with E-state index in [0.717, 1.165) is 5.92 Å². The summed E-state index contributed by atoms with van der Waals surface area (Å²) in [6.07, 6.45) is 6.57. The van der Waals surface area contributed by atoms with Gasteiger partial charge in [0, 0.05) is 30.4 Å². The second-order valence-corrected chi connectivity index (χ2v) is 5.16. The molecule has 4 heteroatoms. The Morgan fingerprint density at radius 3 is 3.19 bits per heavy atom. The van der Waals surface area contributed by atoms with Gasteiger partial charge in [-0.05, 0) is 38.8 Å². The van der Waals surface area contributed by atoms with E-state index in [-0.39, 0.29) is 0 Å². The van der Waals surface area contributed by atoms with Gasteiger partial charge < -0.3 is 10.2 Å². The second-order valence-electron chi connectivity index (χ2n) is 5.16. The molecule has 0 saturated carbocycles. The fourth-order valence-electron chi connectivity index (χ4n) is 3.09. The normalized spacial score (nSPS) is 35.2. The van der Waals surface area contributed by atoms with Gasteiger partial charge in [0.2, 0.25) is 0 Å². The van der Waals surface area contributed by atoms with Gasteiger partial charge in [-0.25, -0.2) is 0 Å². The van der Waals surface area contributed by atoms with Crippen LogP contribution in [0.4, 0.5) is 0 Å². The van der Waals surface area contributed by atoms with Crippen LogP contribution in [0.25, 0.3) is 0 Å². The lowest BCUT2D eigenvalue weighted by Gasteiger charge is -2.33. The highest BCUT2D eigenvalue weighted by Crippen LogP contribution is 2.28. The van der Waals surface area contributed by atoms with Gasteiger partial charge in [-0.3, -0.25) is 5.10 Å². The summed E-state index contributed by atoms with van der Waals surface area (Å²) >= 11 is 0. The van der Waals surface area contributed by atoms with Crippen LogP contribution in [-0.2, 0) is 0 Å². The van der Waals surface area contributed by atoms with E-state index < -0.39 is 0 Å². The van der Waals surface area contributed by atoms with Crippen molar-refractivity contribution in [3.63, 3.8) is 0 Å². The Labute approximate surface area is 96.4 Å². The van der Waals surface area contributed by atoms with Crippen molar-refractivity contribution in [2.45, 2.75) is 31.8 Å². The number of aromatic amines is 1. The summed E-state index contributed by atoms with van der Waals surface area (Å²) in [7, 11) is 0. The SMILES string of the molecule is CC(NC1CCN2CCC1C2)c1cn[nH]c1. The average molecular weight is 220 g/mol. The van der Waals surface area contributed by atoms with E-state index in [1.807, 2.05) is 12.4 Å². The Balaban J connectivity index is 1.62. The molecule has 0 radical (unpaired) electrons. The average Bonchev–Trinajstić information content (AvgIpc) is 2.93. The summed E-state index contributed by atoms with van der Waals surface area (Å²) in [5.41, 5.74) is 1.26. The highest BCUT2D eigenvalue weighted by atomic mass is 15.2. The predicted octanol–water partition coefficient (Wildman–Crippen LogP) is 1.15. The molecule has 2 fully saturated rings. The lowest BCUT2D eigenvalue weighted by Crippen LogP contribution is -2.44. The third kappa shape index (κ3) is 1.87. The van der Waals surface area contributed by atoms with Crippen LogP contribution >= 0.6 is 0 Å². The minimum Gasteiger partial charge on any atom is -0.307 e. The number of nitrogens with zero attached hydrogens (tertiary/aromatic N) is 2. The van der Waals surface area contributed by atoms with Crippen molar-refractivity contribution < 1.29 is 0 Å². The van der Waals surface area contributed by atoms with E-state index in [9.17, 15) is 0 Å². The minimum atomic E-state index is 0.413. The molecule has 88 valence electrons. The number of aromatic nitrogens is 2. The van der Waals surface area contributed by atoms with Crippen molar-refractivity contribution in [1.29, 1.82) is 0 Å². The molecule has 0 spiro atoms. The molecule has 0 amide bonds. The molecule has 0 aromatic carbocycles. The number of hydrogen-bond acceptors (Lipinski definition) is 3. The zero-order valence-corrected chi connectivity index (χ0v) is 9.82. The topological polar surface area (TPSA) is 44.0 Å². The number of fused-ring (bicyclic) bond motifs is 2. The summed E-state index contributed by atoms with van der Waals surface area (Å²) in [5.74, 6) is 0.864. The third-order valence-corrected chi connectivity index (χ3v) is 4.12. The molecule has 0 aliphatic carbocycles. The molecule has 3 heterocycles. The number of rotatable bonds is 3. The van der Waals surface area contributed by atoms with Crippen LogP contribution in [0.3, 0.4) is 0 Å². The third-order valence-electron chi connectivity index (χ3n) is 4.12. The molecule has 2 aliphatic rings. The van der Waals surface area contributed by atoms with Crippen molar-refractivity contribution in [1.82, 2.24) is 20.4 Å². The number of H-pyrrole nitrogens is 1. The lowest BCUT2D eigenvalue weighted by molar-refractivity contribution is 0.212. The van der Waals surface area contributed by atoms with Crippen LogP contribution in [-0.4, -0.2) is 40.8 Å². The second kappa shape index (κ2) is 4.18. The summed E-state index contributed by atoms with van der Waals surface area (Å²) in [4.78, 5) is 2.59. The zero-order valence-electron chi connectivity index (χ0n) is 9.82. The Hall–Kier alpha value is -0.870. The lowest BCUT2D eigenvalue weighted by atomic mass is 9.93. The first-order valence-corrected chi connectivity index (χ1v) is 6.30. The van der Waals surface area contributed by atoms with E-state index in [4.69, 9.17) is 0 Å². The molecular formula is C12H20N4. The summed E-state index contributed by atoms with van der Waals surface area (Å²) in [5, 5.41) is 10.7. The van der Waals surface area contributed by atoms with Crippen molar-refractivity contribution in [2.24, 2.45) is 5.92 Å². The maximum Gasteiger partial charge on any atom is 0.0534 e. The molecule has 2 saturated heterocycles. The van der Waals surface area contributed by atoms with Crippen molar-refractivity contribution in [3.8, 4) is 0 Å². The molecule has 16 heavy (non-hydrogen) atoms. The van der Waals surface area contributed by atoms with E-state index >= 15 is 0 Å². The molecule has 1 aromatic rings. The molecule has 4 atom stereocenters. The van der Waals surface area contributed by atoms with Gasteiger partial charge in [0.05, 0.1) is 6.20 Å².